The molecule has 1 aromatic heterocycles. The second-order valence-electron chi connectivity index (χ2n) is 5.36. The van der Waals surface area contributed by atoms with Gasteiger partial charge < -0.3 is 5.32 Å². The molecule has 8 heteroatoms. The maximum atomic E-state index is 12.5. The minimum Gasteiger partial charge on any atom is -0.350 e. The molecular formula is C17H12Cl3N3O2. The topological polar surface area (TPSA) is 64.0 Å². The molecule has 2 aromatic carbocycles. The second-order valence-corrected chi connectivity index (χ2v) is 6.64. The molecule has 0 spiro atoms. The first kappa shape index (κ1) is 17.7. The van der Waals surface area contributed by atoms with Gasteiger partial charge in [-0.3, -0.25) is 14.2 Å². The largest absolute Gasteiger partial charge is 0.350 e. The lowest BCUT2D eigenvalue weighted by Gasteiger charge is -2.09. The minimum absolute atomic E-state index is 0.153. The Labute approximate surface area is 158 Å². The van der Waals surface area contributed by atoms with Crippen molar-refractivity contribution in [3.05, 3.63) is 73.7 Å². The molecule has 5 nitrogen and oxygen atoms in total. The molecule has 1 heterocycles. The third-order valence-electron chi connectivity index (χ3n) is 3.56. The van der Waals surface area contributed by atoms with Crippen LogP contribution in [-0.2, 0) is 17.9 Å². The molecule has 0 radical (unpaired) electrons. The summed E-state index contributed by atoms with van der Waals surface area (Å²) in [4.78, 5) is 28.7. The lowest BCUT2D eigenvalue weighted by atomic mass is 10.2. The van der Waals surface area contributed by atoms with Gasteiger partial charge >= 0.3 is 0 Å². The molecular weight excluding hydrogens is 385 g/mol. The van der Waals surface area contributed by atoms with Crippen molar-refractivity contribution in [3.63, 3.8) is 0 Å². The monoisotopic (exact) mass is 395 g/mol. The van der Waals surface area contributed by atoms with Crippen molar-refractivity contribution in [2.45, 2.75) is 13.1 Å². The molecule has 128 valence electrons. The molecule has 0 fully saturated rings. The number of rotatable bonds is 4. The number of hydrogen-bond acceptors (Lipinski definition) is 3. The van der Waals surface area contributed by atoms with Gasteiger partial charge in [0.15, 0.2) is 0 Å². The van der Waals surface area contributed by atoms with Gasteiger partial charge in [-0.25, -0.2) is 4.98 Å². The number of nitrogens with zero attached hydrogens (tertiary/aromatic N) is 2. The predicted molar refractivity (Wildman–Crippen MR) is 99.3 cm³/mol. The van der Waals surface area contributed by atoms with Crippen LogP contribution in [0.15, 0.2) is 47.5 Å². The number of fused-ring (bicyclic) bond motifs is 1. The third kappa shape index (κ3) is 4.12. The van der Waals surface area contributed by atoms with Gasteiger partial charge in [-0.1, -0.05) is 46.9 Å². The fraction of sp³-hybridized carbons (Fsp3) is 0.118. The number of amides is 1. The molecule has 0 saturated heterocycles. The van der Waals surface area contributed by atoms with E-state index in [0.717, 1.165) is 5.56 Å². The van der Waals surface area contributed by atoms with Crippen molar-refractivity contribution < 1.29 is 4.79 Å². The second kappa shape index (κ2) is 7.44. The van der Waals surface area contributed by atoms with Gasteiger partial charge in [-0.2, -0.15) is 0 Å². The zero-order valence-electron chi connectivity index (χ0n) is 12.8. The minimum atomic E-state index is -0.379. The smallest absolute Gasteiger partial charge is 0.261 e. The van der Waals surface area contributed by atoms with E-state index < -0.39 is 0 Å². The summed E-state index contributed by atoms with van der Waals surface area (Å²) in [5.74, 6) is -0.314. The molecule has 0 bridgehead atoms. The van der Waals surface area contributed by atoms with Crippen LogP contribution in [0.3, 0.4) is 0 Å². The molecule has 3 rings (SSSR count). The quantitative estimate of drug-likeness (QED) is 0.732. The number of benzene rings is 2. The molecule has 0 aliphatic rings. The molecule has 1 N–H and O–H groups in total. The SMILES string of the molecule is O=C(Cn1cnc2c(Cl)cc(Cl)cc2c1=O)NCc1ccc(Cl)cc1. The highest BCUT2D eigenvalue weighted by Gasteiger charge is 2.11. The molecule has 0 atom stereocenters. The first-order valence-electron chi connectivity index (χ1n) is 7.29. The van der Waals surface area contributed by atoms with E-state index in [4.69, 9.17) is 34.8 Å². The van der Waals surface area contributed by atoms with E-state index >= 15 is 0 Å². The zero-order chi connectivity index (χ0) is 18.0. The summed E-state index contributed by atoms with van der Waals surface area (Å²) in [7, 11) is 0. The number of aromatic nitrogens is 2. The first-order chi connectivity index (χ1) is 11.9. The Morgan fingerprint density at radius 2 is 1.80 bits per heavy atom. The lowest BCUT2D eigenvalue weighted by molar-refractivity contribution is -0.121. The third-order valence-corrected chi connectivity index (χ3v) is 4.32. The van der Waals surface area contributed by atoms with Crippen LogP contribution in [0.1, 0.15) is 5.56 Å². The fourth-order valence-electron chi connectivity index (χ4n) is 2.32. The van der Waals surface area contributed by atoms with Crippen LogP contribution < -0.4 is 10.9 Å². The van der Waals surface area contributed by atoms with Crippen LogP contribution in [0.2, 0.25) is 15.1 Å². The van der Waals surface area contributed by atoms with Crippen LogP contribution in [-0.4, -0.2) is 15.5 Å². The van der Waals surface area contributed by atoms with Crippen molar-refractivity contribution >= 4 is 51.6 Å². The highest BCUT2D eigenvalue weighted by Crippen LogP contribution is 2.23. The Balaban J connectivity index is 1.76. The van der Waals surface area contributed by atoms with E-state index in [1.165, 1.54) is 23.0 Å². The lowest BCUT2D eigenvalue weighted by Crippen LogP contribution is -2.32. The average molecular weight is 397 g/mol. The van der Waals surface area contributed by atoms with Crippen molar-refractivity contribution in [1.82, 2.24) is 14.9 Å². The molecule has 0 aliphatic carbocycles. The van der Waals surface area contributed by atoms with Crippen molar-refractivity contribution in [2.24, 2.45) is 0 Å². The number of nitrogens with one attached hydrogen (secondary N) is 1. The van der Waals surface area contributed by atoms with Crippen LogP contribution in [0.25, 0.3) is 10.9 Å². The van der Waals surface area contributed by atoms with Crippen LogP contribution in [0, 0.1) is 0 Å². The summed E-state index contributed by atoms with van der Waals surface area (Å²) >= 11 is 17.8. The molecule has 1 amide bonds. The Morgan fingerprint density at radius 3 is 2.52 bits per heavy atom. The van der Waals surface area contributed by atoms with E-state index in [1.54, 1.807) is 12.1 Å². The molecule has 0 saturated carbocycles. The first-order valence-corrected chi connectivity index (χ1v) is 8.43. The number of hydrogen-bond donors (Lipinski definition) is 1. The Bertz CT molecular complexity index is 1000. The summed E-state index contributed by atoms with van der Waals surface area (Å²) < 4.78 is 1.21. The Hall–Kier alpha value is -2.08. The summed E-state index contributed by atoms with van der Waals surface area (Å²) in [6, 6.07) is 10.1. The summed E-state index contributed by atoms with van der Waals surface area (Å²) in [6.07, 6.45) is 1.30. The summed E-state index contributed by atoms with van der Waals surface area (Å²) in [5, 5.41) is 4.26. The molecule has 25 heavy (non-hydrogen) atoms. The summed E-state index contributed by atoms with van der Waals surface area (Å²) in [6.45, 7) is 0.183. The van der Waals surface area contributed by atoms with Gasteiger partial charge in [0.05, 0.1) is 22.3 Å². The van der Waals surface area contributed by atoms with Crippen LogP contribution in [0.5, 0.6) is 0 Å². The predicted octanol–water partition coefficient (Wildman–Crippen LogP) is 3.67. The zero-order valence-corrected chi connectivity index (χ0v) is 15.1. The van der Waals surface area contributed by atoms with Gasteiger partial charge in [-0.15, -0.1) is 0 Å². The van der Waals surface area contributed by atoms with Crippen molar-refractivity contribution in [1.29, 1.82) is 0 Å². The number of halogens is 3. The Morgan fingerprint density at radius 1 is 1.08 bits per heavy atom. The standard InChI is InChI=1S/C17H12Cl3N3O2/c18-11-3-1-10(2-4-11)7-21-15(24)8-23-9-22-16-13(17(23)25)5-12(19)6-14(16)20/h1-6,9H,7-8H2,(H,21,24). The van der Waals surface area contributed by atoms with Crippen LogP contribution >= 0.6 is 34.8 Å². The maximum absolute atomic E-state index is 12.5. The number of carbonyl (C=O) groups excluding carboxylic acids is 1. The van der Waals surface area contributed by atoms with Crippen LogP contribution in [0.4, 0.5) is 0 Å². The number of carbonyl (C=O) groups is 1. The average Bonchev–Trinajstić information content (AvgIpc) is 2.57. The highest BCUT2D eigenvalue weighted by molar-refractivity contribution is 6.38. The van der Waals surface area contributed by atoms with Gasteiger partial charge in [0.25, 0.3) is 5.56 Å². The van der Waals surface area contributed by atoms with E-state index in [9.17, 15) is 9.59 Å². The highest BCUT2D eigenvalue weighted by atomic mass is 35.5. The molecule has 0 aliphatic heterocycles. The molecule has 0 unspecified atom stereocenters. The maximum Gasteiger partial charge on any atom is 0.261 e. The van der Waals surface area contributed by atoms with E-state index in [0.29, 0.717) is 27.1 Å². The van der Waals surface area contributed by atoms with Gasteiger partial charge in [0.1, 0.15) is 6.54 Å². The van der Waals surface area contributed by atoms with E-state index in [-0.39, 0.29) is 23.4 Å². The Kier molecular flexibility index (Phi) is 5.27. The van der Waals surface area contributed by atoms with E-state index in [2.05, 4.69) is 10.3 Å². The molecule has 3 aromatic rings. The van der Waals surface area contributed by atoms with Gasteiger partial charge in [0, 0.05) is 16.6 Å². The van der Waals surface area contributed by atoms with Crippen molar-refractivity contribution in [2.75, 3.05) is 0 Å². The fourth-order valence-corrected chi connectivity index (χ4v) is 2.99. The van der Waals surface area contributed by atoms with Gasteiger partial charge in [0.2, 0.25) is 5.91 Å². The van der Waals surface area contributed by atoms with E-state index in [1.807, 2.05) is 12.1 Å². The normalized spacial score (nSPS) is 10.8. The van der Waals surface area contributed by atoms with Gasteiger partial charge in [-0.05, 0) is 29.8 Å². The van der Waals surface area contributed by atoms with Crippen molar-refractivity contribution in [3.8, 4) is 0 Å². The summed E-state index contributed by atoms with van der Waals surface area (Å²) in [5.41, 5.74) is 0.880.